The predicted octanol–water partition coefficient (Wildman–Crippen LogP) is 3.15. The van der Waals surface area contributed by atoms with Crippen LogP contribution in [0, 0.1) is 13.8 Å². The average Bonchev–Trinajstić information content (AvgIpc) is 3.18. The number of amides is 1. The van der Waals surface area contributed by atoms with Gasteiger partial charge in [-0.3, -0.25) is 14.2 Å². The van der Waals surface area contributed by atoms with Crippen molar-refractivity contribution in [3.8, 4) is 5.69 Å². The van der Waals surface area contributed by atoms with Gasteiger partial charge < -0.3 is 5.32 Å². The van der Waals surface area contributed by atoms with Gasteiger partial charge >= 0.3 is 0 Å². The number of thioether (sulfide) groups is 1. The highest BCUT2D eigenvalue weighted by molar-refractivity contribution is 7.99. The first-order valence-electron chi connectivity index (χ1n) is 9.66. The summed E-state index contributed by atoms with van der Waals surface area (Å²) in [5, 5.41) is 8.52. The Hall–Kier alpha value is -2.61. The highest BCUT2D eigenvalue weighted by Crippen LogP contribution is 2.33. The third-order valence-corrected chi connectivity index (χ3v) is 5.98. The molecule has 8 heteroatoms. The molecule has 1 amide bonds. The molecular formula is C21H25N5O2S. The zero-order chi connectivity index (χ0) is 20.9. The minimum absolute atomic E-state index is 0.0612. The summed E-state index contributed by atoms with van der Waals surface area (Å²) in [5.41, 5.74) is 3.27. The van der Waals surface area contributed by atoms with Gasteiger partial charge in [-0.25, -0.2) is 9.67 Å². The van der Waals surface area contributed by atoms with Gasteiger partial charge in [-0.15, -0.1) is 0 Å². The number of carbonyl (C=O) groups excluding carboxylic acids is 1. The quantitative estimate of drug-likeness (QED) is 0.670. The normalized spacial score (nSPS) is 16.2. The van der Waals surface area contributed by atoms with Gasteiger partial charge in [-0.2, -0.15) is 5.10 Å². The Balaban J connectivity index is 1.74. The zero-order valence-electron chi connectivity index (χ0n) is 17.3. The summed E-state index contributed by atoms with van der Waals surface area (Å²) in [7, 11) is 0. The Morgan fingerprint density at radius 1 is 1.31 bits per heavy atom. The summed E-state index contributed by atoms with van der Waals surface area (Å²) in [5.74, 6) is 0.595. The van der Waals surface area contributed by atoms with E-state index in [2.05, 4.69) is 16.5 Å². The van der Waals surface area contributed by atoms with E-state index in [0.29, 0.717) is 21.9 Å². The monoisotopic (exact) mass is 411 g/mol. The first-order valence-corrected chi connectivity index (χ1v) is 10.6. The maximum Gasteiger partial charge on any atom is 0.265 e. The van der Waals surface area contributed by atoms with Crippen molar-refractivity contribution in [2.75, 3.05) is 5.75 Å². The lowest BCUT2D eigenvalue weighted by atomic mass is 10.1. The summed E-state index contributed by atoms with van der Waals surface area (Å²) in [6.45, 7) is 9.90. The molecule has 1 aromatic carbocycles. The van der Waals surface area contributed by atoms with Gasteiger partial charge in [0.15, 0.2) is 10.8 Å². The molecule has 4 rings (SSSR count). The van der Waals surface area contributed by atoms with E-state index in [0.717, 1.165) is 11.3 Å². The molecule has 0 radical (unpaired) electrons. The van der Waals surface area contributed by atoms with Crippen molar-refractivity contribution >= 4 is 28.7 Å². The minimum atomic E-state index is -0.300. The lowest BCUT2D eigenvalue weighted by Crippen LogP contribution is -2.42. The smallest absolute Gasteiger partial charge is 0.265 e. The Kier molecular flexibility index (Phi) is 4.77. The van der Waals surface area contributed by atoms with E-state index in [1.165, 1.54) is 17.3 Å². The number of hydrogen-bond donors (Lipinski definition) is 1. The van der Waals surface area contributed by atoms with Crippen LogP contribution < -0.4 is 10.9 Å². The van der Waals surface area contributed by atoms with Crippen molar-refractivity contribution in [1.82, 2.24) is 24.6 Å². The fraction of sp³-hybridized carbons (Fsp3) is 0.429. The van der Waals surface area contributed by atoms with Gasteiger partial charge in [0.05, 0.1) is 17.9 Å². The molecule has 0 saturated carbocycles. The van der Waals surface area contributed by atoms with E-state index in [1.54, 1.807) is 15.4 Å². The number of carbonyl (C=O) groups is 1. The number of benzene rings is 1. The van der Waals surface area contributed by atoms with Crippen molar-refractivity contribution < 1.29 is 4.79 Å². The summed E-state index contributed by atoms with van der Waals surface area (Å²) in [6, 6.07) is 5.90. The lowest BCUT2D eigenvalue weighted by molar-refractivity contribution is -0.123. The molecule has 0 bridgehead atoms. The number of aromatic nitrogens is 4. The van der Waals surface area contributed by atoms with Crippen LogP contribution in [0.1, 0.15) is 44.4 Å². The molecule has 0 aliphatic carbocycles. The summed E-state index contributed by atoms with van der Waals surface area (Å²) >= 11 is 1.51. The second kappa shape index (κ2) is 7.02. The van der Waals surface area contributed by atoms with Crippen LogP contribution in [0.15, 0.2) is 34.3 Å². The second-order valence-corrected chi connectivity index (χ2v) is 9.61. The van der Waals surface area contributed by atoms with Gasteiger partial charge in [0.25, 0.3) is 5.56 Å². The topological polar surface area (TPSA) is 81.8 Å². The van der Waals surface area contributed by atoms with Crippen molar-refractivity contribution in [1.29, 1.82) is 0 Å². The number of rotatable bonds is 3. The summed E-state index contributed by atoms with van der Waals surface area (Å²) < 4.78 is 3.38. The predicted molar refractivity (Wildman–Crippen MR) is 115 cm³/mol. The van der Waals surface area contributed by atoms with E-state index in [1.807, 2.05) is 46.8 Å². The zero-order valence-corrected chi connectivity index (χ0v) is 18.1. The minimum Gasteiger partial charge on any atom is -0.351 e. The molecule has 1 aliphatic heterocycles. The van der Waals surface area contributed by atoms with Crippen LogP contribution in [0.4, 0.5) is 0 Å². The maximum atomic E-state index is 13.2. The molecule has 1 atom stereocenters. The molecule has 0 spiro atoms. The SMILES string of the molecule is Cc1ccc(-n2ncc3c(=O)n4c(nc32)SCC4CC(=O)NC(C)(C)C)c(C)c1. The van der Waals surface area contributed by atoms with Gasteiger partial charge in [0, 0.05) is 17.7 Å². The third kappa shape index (κ3) is 3.69. The Labute approximate surface area is 173 Å². The first kappa shape index (κ1) is 19.7. The van der Waals surface area contributed by atoms with Crippen LogP contribution in [0.2, 0.25) is 0 Å². The number of nitrogens with zero attached hydrogens (tertiary/aromatic N) is 4. The summed E-state index contributed by atoms with van der Waals surface area (Å²) in [4.78, 5) is 30.3. The fourth-order valence-electron chi connectivity index (χ4n) is 3.68. The van der Waals surface area contributed by atoms with E-state index < -0.39 is 0 Å². The van der Waals surface area contributed by atoms with Crippen LogP contribution in [-0.2, 0) is 4.79 Å². The Morgan fingerprint density at radius 3 is 2.76 bits per heavy atom. The largest absolute Gasteiger partial charge is 0.351 e. The standard InChI is InChI=1S/C21H25N5O2S/c1-12-6-7-16(13(2)8-12)26-18-15(10-22-26)19(28)25-14(11-29-20(25)23-18)9-17(27)24-21(3,4)5/h6-8,10,14H,9,11H2,1-5H3,(H,24,27). The van der Waals surface area contributed by atoms with Crippen LogP contribution >= 0.6 is 11.8 Å². The van der Waals surface area contributed by atoms with Crippen molar-refractivity contribution in [3.05, 3.63) is 45.9 Å². The highest BCUT2D eigenvalue weighted by Gasteiger charge is 2.30. The Morgan fingerprint density at radius 2 is 2.07 bits per heavy atom. The second-order valence-electron chi connectivity index (χ2n) is 8.62. The van der Waals surface area contributed by atoms with E-state index in [9.17, 15) is 9.59 Å². The van der Waals surface area contributed by atoms with E-state index in [4.69, 9.17) is 4.98 Å². The van der Waals surface area contributed by atoms with Crippen molar-refractivity contribution in [2.45, 2.75) is 57.8 Å². The number of nitrogens with one attached hydrogen (secondary N) is 1. The Bertz CT molecular complexity index is 1170. The summed E-state index contributed by atoms with van der Waals surface area (Å²) in [6.07, 6.45) is 1.84. The van der Waals surface area contributed by atoms with Gasteiger partial charge in [-0.1, -0.05) is 29.5 Å². The van der Waals surface area contributed by atoms with E-state index >= 15 is 0 Å². The lowest BCUT2D eigenvalue weighted by Gasteiger charge is -2.22. The molecule has 29 heavy (non-hydrogen) atoms. The van der Waals surface area contributed by atoms with Gasteiger partial charge in [0.2, 0.25) is 5.91 Å². The molecular weight excluding hydrogens is 386 g/mol. The molecule has 1 aliphatic rings. The van der Waals surface area contributed by atoms with Crippen LogP contribution in [-0.4, -0.2) is 36.5 Å². The molecule has 152 valence electrons. The molecule has 7 nitrogen and oxygen atoms in total. The number of aryl methyl sites for hydroxylation is 2. The molecule has 3 heterocycles. The van der Waals surface area contributed by atoms with Crippen molar-refractivity contribution in [3.63, 3.8) is 0 Å². The maximum absolute atomic E-state index is 13.2. The average molecular weight is 412 g/mol. The molecule has 2 aromatic heterocycles. The molecule has 0 fully saturated rings. The third-order valence-electron chi connectivity index (χ3n) is 4.89. The first-order chi connectivity index (χ1) is 13.6. The van der Waals surface area contributed by atoms with Crippen molar-refractivity contribution in [2.24, 2.45) is 0 Å². The number of hydrogen-bond acceptors (Lipinski definition) is 5. The molecule has 0 saturated heterocycles. The van der Waals surface area contributed by atoms with Crippen LogP contribution in [0.5, 0.6) is 0 Å². The van der Waals surface area contributed by atoms with E-state index in [-0.39, 0.29) is 29.5 Å². The number of fused-ring (bicyclic) bond motifs is 2. The molecule has 1 N–H and O–H groups in total. The fourth-order valence-corrected chi connectivity index (χ4v) is 4.81. The van der Waals surface area contributed by atoms with Gasteiger partial charge in [0.1, 0.15) is 5.39 Å². The van der Waals surface area contributed by atoms with Crippen LogP contribution in [0.25, 0.3) is 16.7 Å². The molecule has 3 aromatic rings. The highest BCUT2D eigenvalue weighted by atomic mass is 32.2. The van der Waals surface area contributed by atoms with Crippen LogP contribution in [0.3, 0.4) is 0 Å². The van der Waals surface area contributed by atoms with Gasteiger partial charge in [-0.05, 0) is 46.2 Å². The molecule has 1 unspecified atom stereocenters.